The van der Waals surface area contributed by atoms with Gasteiger partial charge in [-0.2, -0.15) is 0 Å². The second-order valence-electron chi connectivity index (χ2n) is 5.29. The van der Waals surface area contributed by atoms with Crippen molar-refractivity contribution in [3.05, 3.63) is 81.7 Å². The Morgan fingerprint density at radius 2 is 1.88 bits per heavy atom. The van der Waals surface area contributed by atoms with Crippen molar-refractivity contribution in [2.24, 2.45) is 0 Å². The van der Waals surface area contributed by atoms with Crippen molar-refractivity contribution in [3.63, 3.8) is 0 Å². The Morgan fingerprint density at radius 1 is 1.15 bits per heavy atom. The number of aromatic carboxylic acids is 1. The summed E-state index contributed by atoms with van der Waals surface area (Å²) in [5, 5.41) is 11.4. The number of carboxylic acids is 1. The highest BCUT2D eigenvalue weighted by Gasteiger charge is 2.33. The predicted molar refractivity (Wildman–Crippen MR) is 107 cm³/mol. The van der Waals surface area contributed by atoms with Gasteiger partial charge in [0.15, 0.2) is 4.32 Å². The minimum absolute atomic E-state index is 0.0254. The predicted octanol–water partition coefficient (Wildman–Crippen LogP) is 3.58. The highest BCUT2D eigenvalue weighted by molar-refractivity contribution is 8.27. The lowest BCUT2D eigenvalue weighted by atomic mass is 10.2. The van der Waals surface area contributed by atoms with Gasteiger partial charge in [0.25, 0.3) is 5.91 Å². The zero-order valence-corrected chi connectivity index (χ0v) is 15.6. The van der Waals surface area contributed by atoms with Crippen molar-refractivity contribution in [2.45, 2.75) is 0 Å². The summed E-state index contributed by atoms with van der Waals surface area (Å²) in [6.07, 6.45) is 3.29. The molecule has 1 amide bonds. The molecule has 0 unspecified atom stereocenters. The monoisotopic (exact) mass is 400 g/mol. The van der Waals surface area contributed by atoms with E-state index in [2.05, 4.69) is 0 Å². The zero-order chi connectivity index (χ0) is 18.7. The summed E-state index contributed by atoms with van der Waals surface area (Å²) in [7, 11) is 0. The zero-order valence-electron chi connectivity index (χ0n) is 13.2. The molecule has 0 aromatic heterocycles. The average molecular weight is 401 g/mol. The largest absolute Gasteiger partial charge is 0.545 e. The number of carbonyl (C=O) groups is 2. The highest BCUT2D eigenvalue weighted by atomic mass is 35.5. The molecule has 0 radical (unpaired) electrons. The number of carbonyl (C=O) groups excluding carboxylic acids is 2. The van der Waals surface area contributed by atoms with E-state index in [0.29, 0.717) is 19.9 Å². The number of benzene rings is 2. The second-order valence-corrected chi connectivity index (χ2v) is 7.41. The summed E-state index contributed by atoms with van der Waals surface area (Å²) in [5.74, 6) is -1.67. The SMILES string of the molecule is O=C([O-])c1cccc(N2C(=O)/C(=C/C(Cl)=C/c3ccccc3)SC2=S)c1. The van der Waals surface area contributed by atoms with E-state index < -0.39 is 5.97 Å². The molecular formula is C19H11ClNO3S2-. The molecule has 1 fully saturated rings. The molecule has 4 nitrogen and oxygen atoms in total. The number of anilines is 1. The molecule has 0 saturated carbocycles. The summed E-state index contributed by atoms with van der Waals surface area (Å²) >= 11 is 12.6. The highest BCUT2D eigenvalue weighted by Crippen LogP contribution is 2.36. The molecule has 0 N–H and O–H groups in total. The summed E-state index contributed by atoms with van der Waals surface area (Å²) in [6, 6.07) is 15.4. The Balaban J connectivity index is 1.88. The number of hydrogen-bond acceptors (Lipinski definition) is 5. The first-order valence-electron chi connectivity index (χ1n) is 7.47. The number of nitrogens with zero attached hydrogens (tertiary/aromatic N) is 1. The lowest BCUT2D eigenvalue weighted by molar-refractivity contribution is -0.255. The molecule has 1 heterocycles. The van der Waals surface area contributed by atoms with E-state index in [-0.39, 0.29) is 11.5 Å². The van der Waals surface area contributed by atoms with Crippen LogP contribution in [0.3, 0.4) is 0 Å². The normalized spacial score (nSPS) is 16.4. The van der Waals surface area contributed by atoms with Crippen LogP contribution >= 0.6 is 35.6 Å². The Labute approximate surface area is 164 Å². The van der Waals surface area contributed by atoms with Crippen LogP contribution in [0.15, 0.2) is 70.6 Å². The van der Waals surface area contributed by atoms with E-state index in [9.17, 15) is 14.7 Å². The second kappa shape index (κ2) is 7.86. The minimum atomic E-state index is -1.32. The van der Waals surface area contributed by atoms with Crippen LogP contribution in [0.1, 0.15) is 15.9 Å². The number of allylic oxidation sites excluding steroid dienone is 2. The number of thiocarbonyl (C=S) groups is 1. The van der Waals surface area contributed by atoms with E-state index in [1.807, 2.05) is 30.3 Å². The molecule has 1 saturated heterocycles. The van der Waals surface area contributed by atoms with Gasteiger partial charge in [-0.25, -0.2) is 0 Å². The molecule has 0 aliphatic carbocycles. The topological polar surface area (TPSA) is 60.4 Å². The van der Waals surface area contributed by atoms with E-state index in [0.717, 1.165) is 17.3 Å². The van der Waals surface area contributed by atoms with Gasteiger partial charge in [-0.15, -0.1) is 0 Å². The molecule has 26 heavy (non-hydrogen) atoms. The maximum Gasteiger partial charge on any atom is 0.270 e. The molecule has 2 aromatic carbocycles. The Kier molecular flexibility index (Phi) is 5.56. The molecule has 0 bridgehead atoms. The van der Waals surface area contributed by atoms with Crippen LogP contribution in [0.4, 0.5) is 5.69 Å². The van der Waals surface area contributed by atoms with Gasteiger partial charge in [-0.1, -0.05) is 78.0 Å². The number of amides is 1. The van der Waals surface area contributed by atoms with E-state index in [1.54, 1.807) is 18.2 Å². The van der Waals surface area contributed by atoms with E-state index in [1.165, 1.54) is 23.1 Å². The van der Waals surface area contributed by atoms with E-state index >= 15 is 0 Å². The third-order valence-electron chi connectivity index (χ3n) is 3.51. The lowest BCUT2D eigenvalue weighted by Gasteiger charge is -2.15. The number of rotatable bonds is 4. The number of thioether (sulfide) groups is 1. The van der Waals surface area contributed by atoms with Gasteiger partial charge in [0.2, 0.25) is 0 Å². The molecule has 1 aliphatic heterocycles. The summed E-state index contributed by atoms with van der Waals surface area (Å²) in [4.78, 5) is 25.4. The van der Waals surface area contributed by atoms with Crippen molar-refractivity contribution in [1.82, 2.24) is 0 Å². The third-order valence-corrected chi connectivity index (χ3v) is 5.03. The van der Waals surface area contributed by atoms with Crippen LogP contribution in [-0.4, -0.2) is 16.2 Å². The number of halogens is 1. The first-order valence-corrected chi connectivity index (χ1v) is 9.07. The van der Waals surface area contributed by atoms with Crippen LogP contribution in [0.2, 0.25) is 0 Å². The van der Waals surface area contributed by atoms with Gasteiger partial charge < -0.3 is 9.90 Å². The van der Waals surface area contributed by atoms with Crippen LogP contribution in [-0.2, 0) is 4.79 Å². The molecule has 3 rings (SSSR count). The Hall–Kier alpha value is -2.41. The van der Waals surface area contributed by atoms with Crippen molar-refractivity contribution >= 4 is 63.5 Å². The van der Waals surface area contributed by atoms with Crippen molar-refractivity contribution in [2.75, 3.05) is 4.90 Å². The summed E-state index contributed by atoms with van der Waals surface area (Å²) < 4.78 is 0.306. The number of hydrogen-bond donors (Lipinski definition) is 0. The fourth-order valence-electron chi connectivity index (χ4n) is 2.34. The minimum Gasteiger partial charge on any atom is -0.545 e. The molecule has 1 aliphatic rings. The lowest BCUT2D eigenvalue weighted by Crippen LogP contribution is -2.28. The molecule has 130 valence electrons. The molecule has 2 aromatic rings. The van der Waals surface area contributed by atoms with Crippen molar-refractivity contribution < 1.29 is 14.7 Å². The average Bonchev–Trinajstić information content (AvgIpc) is 2.89. The quantitative estimate of drug-likeness (QED) is 0.580. The van der Waals surface area contributed by atoms with Crippen LogP contribution in [0.25, 0.3) is 6.08 Å². The van der Waals surface area contributed by atoms with Gasteiger partial charge in [-0.3, -0.25) is 9.69 Å². The third kappa shape index (κ3) is 4.04. The molecule has 0 spiro atoms. The van der Waals surface area contributed by atoms with Gasteiger partial charge in [0.05, 0.1) is 16.6 Å². The van der Waals surface area contributed by atoms with Crippen molar-refractivity contribution in [1.29, 1.82) is 0 Å². The molecule has 7 heteroatoms. The Morgan fingerprint density at radius 3 is 2.58 bits per heavy atom. The standard InChI is InChI=1S/C19H12ClNO3S2/c20-14(9-12-5-2-1-3-6-12)11-16-17(22)21(19(25)26-16)15-8-4-7-13(10-15)18(23)24/h1-11H,(H,23,24)/p-1/b14-9-,16-11-. The smallest absolute Gasteiger partial charge is 0.270 e. The first kappa shape index (κ1) is 18.4. The van der Waals surface area contributed by atoms with Gasteiger partial charge >= 0.3 is 0 Å². The maximum absolute atomic E-state index is 12.7. The fraction of sp³-hybridized carbons (Fsp3) is 0. The van der Waals surface area contributed by atoms with Crippen molar-refractivity contribution in [3.8, 4) is 0 Å². The van der Waals surface area contributed by atoms with Gasteiger partial charge in [0, 0.05) is 5.03 Å². The molecule has 0 atom stereocenters. The van der Waals surface area contributed by atoms with Crippen LogP contribution in [0, 0.1) is 0 Å². The maximum atomic E-state index is 12.7. The van der Waals surface area contributed by atoms with Crippen LogP contribution < -0.4 is 10.0 Å². The van der Waals surface area contributed by atoms with Crippen LogP contribution in [0.5, 0.6) is 0 Å². The fourth-order valence-corrected chi connectivity index (χ4v) is 3.93. The molecular weight excluding hydrogens is 390 g/mol. The van der Waals surface area contributed by atoms with Gasteiger partial charge in [0.1, 0.15) is 0 Å². The summed E-state index contributed by atoms with van der Waals surface area (Å²) in [5.41, 5.74) is 1.26. The van der Waals surface area contributed by atoms with Gasteiger partial charge in [-0.05, 0) is 35.4 Å². The number of carboxylic acid groups (broad SMARTS) is 1. The Bertz CT molecular complexity index is 954. The summed E-state index contributed by atoms with van der Waals surface area (Å²) in [6.45, 7) is 0. The van der Waals surface area contributed by atoms with E-state index in [4.69, 9.17) is 23.8 Å². The first-order chi connectivity index (χ1) is 12.5.